The number of piperazine rings is 1. The predicted octanol–water partition coefficient (Wildman–Crippen LogP) is 2.69. The molecule has 2 aliphatic heterocycles. The Bertz CT molecular complexity index is 1460. The molecule has 2 fully saturated rings. The quantitative estimate of drug-likeness (QED) is 0.469. The Morgan fingerprint density at radius 2 is 1.90 bits per heavy atom. The van der Waals surface area contributed by atoms with Gasteiger partial charge in [-0.1, -0.05) is 24.3 Å². The van der Waals surface area contributed by atoms with Crippen LogP contribution in [0.25, 0.3) is 23.1 Å². The number of nitrogens with zero attached hydrogens (tertiary/aromatic N) is 5. The number of nitriles is 1. The summed E-state index contributed by atoms with van der Waals surface area (Å²) in [5.41, 5.74) is 3.70. The standard InChI is InChI=1S/C29H29F2N7O2/c30-29(31)14-23(15-32)38(19-29)27(39)17-36-28(40)24-7-8-34-26-6-4-20(13-25(24)26)1-2-21-3-5-22(35-16-21)18-37-11-9-33-10-12-37/h1-8,13,16,23,33H,9-12,14,17-19H2,(H,36,40)/b2-1+. The fraction of sp³-hybridized carbons (Fsp3) is 0.345. The summed E-state index contributed by atoms with van der Waals surface area (Å²) >= 11 is 0. The third kappa shape index (κ3) is 6.47. The number of alkyl halides is 2. The number of hydrogen-bond acceptors (Lipinski definition) is 7. The zero-order chi connectivity index (χ0) is 28.1. The lowest BCUT2D eigenvalue weighted by Gasteiger charge is -2.26. The molecule has 2 aromatic heterocycles. The van der Waals surface area contributed by atoms with E-state index in [0.29, 0.717) is 16.5 Å². The molecule has 3 aromatic rings. The number of aromatic nitrogens is 2. The van der Waals surface area contributed by atoms with Crippen LogP contribution in [0, 0.1) is 11.3 Å². The third-order valence-corrected chi connectivity index (χ3v) is 7.06. The summed E-state index contributed by atoms with van der Waals surface area (Å²) < 4.78 is 27.4. The second kappa shape index (κ2) is 11.9. The van der Waals surface area contributed by atoms with E-state index in [-0.39, 0.29) is 0 Å². The molecule has 1 unspecified atom stereocenters. The van der Waals surface area contributed by atoms with E-state index in [0.717, 1.165) is 54.4 Å². The van der Waals surface area contributed by atoms with Crippen LogP contribution in [0.1, 0.15) is 33.6 Å². The van der Waals surface area contributed by atoms with Crippen LogP contribution in [-0.2, 0) is 11.3 Å². The second-order valence-corrected chi connectivity index (χ2v) is 9.99. The summed E-state index contributed by atoms with van der Waals surface area (Å²) in [6.45, 7) is 3.50. The first-order valence-corrected chi connectivity index (χ1v) is 13.1. The van der Waals surface area contributed by atoms with E-state index in [1.165, 1.54) is 6.20 Å². The minimum absolute atomic E-state index is 0.301. The highest BCUT2D eigenvalue weighted by atomic mass is 19.3. The molecule has 0 spiro atoms. The number of hydrogen-bond donors (Lipinski definition) is 2. The van der Waals surface area contributed by atoms with Gasteiger partial charge >= 0.3 is 0 Å². The molecule has 2 amide bonds. The average Bonchev–Trinajstić information content (AvgIpc) is 3.30. The summed E-state index contributed by atoms with van der Waals surface area (Å²) in [6.07, 6.45) is 6.48. The number of likely N-dealkylation sites (tertiary alicyclic amines) is 1. The Balaban J connectivity index is 1.25. The number of amides is 2. The van der Waals surface area contributed by atoms with Crippen LogP contribution in [-0.4, -0.2) is 82.8 Å². The number of fused-ring (bicyclic) bond motifs is 1. The van der Waals surface area contributed by atoms with E-state index in [2.05, 4.69) is 25.5 Å². The van der Waals surface area contributed by atoms with Gasteiger partial charge in [0.15, 0.2) is 0 Å². The van der Waals surface area contributed by atoms with E-state index in [1.54, 1.807) is 18.2 Å². The average molecular weight is 546 g/mol. The first-order valence-electron chi connectivity index (χ1n) is 13.1. The van der Waals surface area contributed by atoms with Gasteiger partial charge < -0.3 is 15.5 Å². The number of carbonyl (C=O) groups is 2. The second-order valence-electron chi connectivity index (χ2n) is 9.99. The van der Waals surface area contributed by atoms with Gasteiger partial charge in [-0.2, -0.15) is 5.26 Å². The highest BCUT2D eigenvalue weighted by molar-refractivity contribution is 6.07. The first kappa shape index (κ1) is 27.3. The van der Waals surface area contributed by atoms with Gasteiger partial charge in [0.2, 0.25) is 5.91 Å². The summed E-state index contributed by atoms with van der Waals surface area (Å²) in [5.74, 6) is -4.38. The van der Waals surface area contributed by atoms with Crippen molar-refractivity contribution in [2.24, 2.45) is 0 Å². The van der Waals surface area contributed by atoms with Gasteiger partial charge in [-0.3, -0.25) is 24.5 Å². The maximum absolute atomic E-state index is 13.7. The Morgan fingerprint density at radius 3 is 2.65 bits per heavy atom. The van der Waals surface area contributed by atoms with Crippen molar-refractivity contribution < 1.29 is 18.4 Å². The van der Waals surface area contributed by atoms with E-state index >= 15 is 0 Å². The Labute approximate surface area is 230 Å². The van der Waals surface area contributed by atoms with Crippen LogP contribution in [0.3, 0.4) is 0 Å². The Morgan fingerprint density at radius 1 is 1.12 bits per heavy atom. The number of benzene rings is 1. The largest absolute Gasteiger partial charge is 0.343 e. The van der Waals surface area contributed by atoms with Crippen LogP contribution < -0.4 is 10.6 Å². The van der Waals surface area contributed by atoms with Gasteiger partial charge in [-0.05, 0) is 35.4 Å². The molecule has 2 saturated heterocycles. The molecule has 5 rings (SSSR count). The van der Waals surface area contributed by atoms with Crippen LogP contribution in [0.15, 0.2) is 48.8 Å². The number of rotatable bonds is 7. The highest BCUT2D eigenvalue weighted by Gasteiger charge is 2.47. The molecule has 0 aliphatic carbocycles. The minimum atomic E-state index is -3.12. The predicted molar refractivity (Wildman–Crippen MR) is 146 cm³/mol. The van der Waals surface area contributed by atoms with Gasteiger partial charge in [0, 0.05) is 56.9 Å². The Hall–Kier alpha value is -4.27. The van der Waals surface area contributed by atoms with Crippen molar-refractivity contribution >= 4 is 34.9 Å². The lowest BCUT2D eigenvalue weighted by atomic mass is 10.0. The molecule has 2 N–H and O–H groups in total. The summed E-state index contributed by atoms with van der Waals surface area (Å²) in [7, 11) is 0. The minimum Gasteiger partial charge on any atom is -0.343 e. The van der Waals surface area contributed by atoms with Crippen molar-refractivity contribution in [2.75, 3.05) is 39.3 Å². The summed E-state index contributed by atoms with van der Waals surface area (Å²) in [6, 6.07) is 11.6. The topological polar surface area (TPSA) is 114 Å². The highest BCUT2D eigenvalue weighted by Crippen LogP contribution is 2.31. The normalized spacial score (nSPS) is 19.1. The molecule has 0 saturated carbocycles. The number of pyridine rings is 2. The van der Waals surface area contributed by atoms with E-state index < -0.39 is 43.3 Å². The van der Waals surface area contributed by atoms with Gasteiger partial charge in [0.1, 0.15) is 6.04 Å². The van der Waals surface area contributed by atoms with Crippen molar-refractivity contribution in [1.82, 2.24) is 30.4 Å². The Kier molecular flexibility index (Phi) is 8.09. The molecule has 40 heavy (non-hydrogen) atoms. The van der Waals surface area contributed by atoms with Crippen molar-refractivity contribution in [3.05, 3.63) is 71.2 Å². The fourth-order valence-corrected chi connectivity index (χ4v) is 4.93. The van der Waals surface area contributed by atoms with Crippen molar-refractivity contribution in [3.8, 4) is 6.07 Å². The van der Waals surface area contributed by atoms with Crippen molar-refractivity contribution in [1.29, 1.82) is 5.26 Å². The maximum atomic E-state index is 13.7. The molecule has 1 aromatic carbocycles. The first-order chi connectivity index (χ1) is 19.3. The third-order valence-electron chi connectivity index (χ3n) is 7.06. The molecule has 4 heterocycles. The molecule has 206 valence electrons. The van der Waals surface area contributed by atoms with E-state index in [4.69, 9.17) is 5.26 Å². The lowest BCUT2D eigenvalue weighted by molar-refractivity contribution is -0.131. The van der Waals surface area contributed by atoms with Crippen molar-refractivity contribution in [3.63, 3.8) is 0 Å². The lowest BCUT2D eigenvalue weighted by Crippen LogP contribution is -2.43. The molecular formula is C29H29F2N7O2. The fourth-order valence-electron chi connectivity index (χ4n) is 4.93. The monoisotopic (exact) mass is 545 g/mol. The summed E-state index contributed by atoms with van der Waals surface area (Å²) in [5, 5.41) is 15.6. The maximum Gasteiger partial charge on any atom is 0.268 e. The number of carbonyl (C=O) groups excluding carboxylic acids is 2. The van der Waals surface area contributed by atoms with Gasteiger partial charge in [0.25, 0.3) is 11.8 Å². The number of nitrogens with one attached hydrogen (secondary N) is 2. The molecule has 1 atom stereocenters. The molecular weight excluding hydrogens is 516 g/mol. The molecule has 11 heteroatoms. The molecule has 0 radical (unpaired) electrons. The van der Waals surface area contributed by atoms with Gasteiger partial charge in [-0.15, -0.1) is 0 Å². The van der Waals surface area contributed by atoms with Crippen LogP contribution in [0.5, 0.6) is 0 Å². The molecule has 9 nitrogen and oxygen atoms in total. The van der Waals surface area contributed by atoms with Crippen LogP contribution >= 0.6 is 0 Å². The molecule has 0 bridgehead atoms. The van der Waals surface area contributed by atoms with Gasteiger partial charge in [-0.25, -0.2) is 8.78 Å². The zero-order valence-corrected chi connectivity index (χ0v) is 21.8. The van der Waals surface area contributed by atoms with Crippen LogP contribution in [0.2, 0.25) is 0 Å². The zero-order valence-electron chi connectivity index (χ0n) is 21.8. The van der Waals surface area contributed by atoms with Gasteiger partial charge in [0.05, 0.1) is 35.9 Å². The number of halogens is 2. The van der Waals surface area contributed by atoms with Crippen LogP contribution in [0.4, 0.5) is 8.78 Å². The summed E-state index contributed by atoms with van der Waals surface area (Å²) in [4.78, 5) is 37.6. The van der Waals surface area contributed by atoms with E-state index in [9.17, 15) is 18.4 Å². The SMILES string of the molecule is N#CC1CC(F)(F)CN1C(=O)CNC(=O)c1ccnc2ccc(/C=C/c3ccc(CN4CCNCC4)nc3)cc12. The smallest absolute Gasteiger partial charge is 0.268 e. The molecule has 2 aliphatic rings. The van der Waals surface area contributed by atoms with Crippen molar-refractivity contribution in [2.45, 2.75) is 24.9 Å². The van der Waals surface area contributed by atoms with E-state index in [1.807, 2.05) is 42.6 Å².